The highest BCUT2D eigenvalue weighted by Gasteiger charge is 2.08. The second-order valence-electron chi connectivity index (χ2n) is 4.86. The molecule has 2 rings (SSSR count). The molecular weight excluding hydrogens is 298 g/mol. The lowest BCUT2D eigenvalue weighted by Crippen LogP contribution is -2.24. The largest absolute Gasteiger partial charge is 0.493 e. The van der Waals surface area contributed by atoms with Gasteiger partial charge in [-0.2, -0.15) is 0 Å². The number of hydrogen-bond donors (Lipinski definition) is 1. The summed E-state index contributed by atoms with van der Waals surface area (Å²) in [5.74, 6) is 1.30. The molecule has 0 fully saturated rings. The number of aryl methyl sites for hydroxylation is 1. The number of ether oxygens (including phenoxy) is 2. The van der Waals surface area contributed by atoms with Crippen LogP contribution >= 0.6 is 11.3 Å². The maximum Gasteiger partial charge on any atom is 0.224 e. The standard InChI is InChI=1S/C17H21NO3S/c1-4-13-6-7-14(22-13)11-18-17(19)10-12-5-8-15(20-2)16(9-12)21-3/h5-9H,4,10-11H2,1-3H3,(H,18,19). The van der Waals surface area contributed by atoms with E-state index in [1.165, 1.54) is 9.75 Å². The number of methoxy groups -OCH3 is 2. The SMILES string of the molecule is CCc1ccc(CNC(=O)Cc2ccc(OC)c(OC)c2)s1. The monoisotopic (exact) mass is 319 g/mol. The highest BCUT2D eigenvalue weighted by molar-refractivity contribution is 7.11. The maximum atomic E-state index is 12.0. The summed E-state index contributed by atoms with van der Waals surface area (Å²) in [7, 11) is 3.18. The first kappa shape index (κ1) is 16.4. The Balaban J connectivity index is 1.91. The van der Waals surface area contributed by atoms with E-state index in [1.54, 1.807) is 25.6 Å². The third-order valence-electron chi connectivity index (χ3n) is 3.34. The van der Waals surface area contributed by atoms with Crippen LogP contribution in [-0.2, 0) is 24.2 Å². The van der Waals surface area contributed by atoms with E-state index in [0.29, 0.717) is 24.5 Å². The summed E-state index contributed by atoms with van der Waals surface area (Å²) in [6.45, 7) is 2.71. The minimum Gasteiger partial charge on any atom is -0.493 e. The molecule has 5 heteroatoms. The lowest BCUT2D eigenvalue weighted by Gasteiger charge is -2.09. The van der Waals surface area contributed by atoms with Gasteiger partial charge in [-0.25, -0.2) is 0 Å². The zero-order valence-electron chi connectivity index (χ0n) is 13.1. The highest BCUT2D eigenvalue weighted by atomic mass is 32.1. The third-order valence-corrected chi connectivity index (χ3v) is 4.57. The van der Waals surface area contributed by atoms with Gasteiger partial charge in [-0.1, -0.05) is 13.0 Å². The number of rotatable bonds is 7. The Labute approximate surface area is 135 Å². The van der Waals surface area contributed by atoms with Gasteiger partial charge < -0.3 is 14.8 Å². The van der Waals surface area contributed by atoms with Gasteiger partial charge in [0, 0.05) is 9.75 Å². The van der Waals surface area contributed by atoms with E-state index in [9.17, 15) is 4.79 Å². The Hall–Kier alpha value is -2.01. The molecular formula is C17H21NO3S. The molecule has 1 amide bonds. The van der Waals surface area contributed by atoms with Crippen LogP contribution in [0.5, 0.6) is 11.5 Å². The lowest BCUT2D eigenvalue weighted by atomic mass is 10.1. The smallest absolute Gasteiger partial charge is 0.224 e. The van der Waals surface area contributed by atoms with Gasteiger partial charge in [0.05, 0.1) is 27.2 Å². The van der Waals surface area contributed by atoms with Crippen molar-refractivity contribution in [3.05, 3.63) is 45.6 Å². The summed E-state index contributed by atoms with van der Waals surface area (Å²) in [5.41, 5.74) is 0.899. The molecule has 2 aromatic rings. The Kier molecular flexibility index (Phi) is 5.83. The van der Waals surface area contributed by atoms with Gasteiger partial charge in [0.2, 0.25) is 5.91 Å². The number of carbonyl (C=O) groups is 1. The van der Waals surface area contributed by atoms with E-state index in [4.69, 9.17) is 9.47 Å². The van der Waals surface area contributed by atoms with Crippen molar-refractivity contribution in [2.24, 2.45) is 0 Å². The topological polar surface area (TPSA) is 47.6 Å². The van der Waals surface area contributed by atoms with Crippen LogP contribution in [0.15, 0.2) is 30.3 Å². The highest BCUT2D eigenvalue weighted by Crippen LogP contribution is 2.27. The summed E-state index contributed by atoms with van der Waals surface area (Å²) in [5, 5.41) is 2.95. The van der Waals surface area contributed by atoms with Gasteiger partial charge in [-0.3, -0.25) is 4.79 Å². The first-order chi connectivity index (χ1) is 10.7. The molecule has 1 aromatic heterocycles. The van der Waals surface area contributed by atoms with Gasteiger partial charge in [0.15, 0.2) is 11.5 Å². The van der Waals surface area contributed by atoms with Crippen molar-refractivity contribution in [3.63, 3.8) is 0 Å². The number of nitrogens with one attached hydrogen (secondary N) is 1. The van der Waals surface area contributed by atoms with E-state index in [0.717, 1.165) is 12.0 Å². The lowest BCUT2D eigenvalue weighted by molar-refractivity contribution is -0.120. The molecule has 0 atom stereocenters. The Morgan fingerprint density at radius 1 is 1.09 bits per heavy atom. The minimum atomic E-state index is -0.00123. The molecule has 0 aliphatic heterocycles. The molecule has 0 aliphatic carbocycles. The number of amides is 1. The predicted octanol–water partition coefficient (Wildman–Crippen LogP) is 3.19. The van der Waals surface area contributed by atoms with Crippen molar-refractivity contribution in [1.29, 1.82) is 0 Å². The summed E-state index contributed by atoms with van der Waals surface area (Å²) in [6.07, 6.45) is 1.36. The van der Waals surface area contributed by atoms with Gasteiger partial charge in [0.1, 0.15) is 0 Å². The number of hydrogen-bond acceptors (Lipinski definition) is 4. The van der Waals surface area contributed by atoms with E-state index in [-0.39, 0.29) is 5.91 Å². The zero-order valence-corrected chi connectivity index (χ0v) is 14.0. The molecule has 0 bridgehead atoms. The first-order valence-corrected chi connectivity index (χ1v) is 8.03. The van der Waals surface area contributed by atoms with Gasteiger partial charge in [-0.05, 0) is 36.2 Å². The molecule has 118 valence electrons. The van der Waals surface area contributed by atoms with Crippen LogP contribution in [0.1, 0.15) is 22.2 Å². The van der Waals surface area contributed by atoms with E-state index in [1.807, 2.05) is 18.2 Å². The molecule has 0 saturated carbocycles. The van der Waals surface area contributed by atoms with Crippen molar-refractivity contribution in [2.75, 3.05) is 14.2 Å². The summed E-state index contributed by atoms with van der Waals surface area (Å²) in [6, 6.07) is 9.70. The predicted molar refractivity (Wildman–Crippen MR) is 88.8 cm³/mol. The minimum absolute atomic E-state index is 0.00123. The van der Waals surface area contributed by atoms with Gasteiger partial charge >= 0.3 is 0 Å². The van der Waals surface area contributed by atoms with Crippen molar-refractivity contribution >= 4 is 17.2 Å². The fraction of sp³-hybridized carbons (Fsp3) is 0.353. The Morgan fingerprint density at radius 2 is 1.82 bits per heavy atom. The Bertz CT molecular complexity index is 637. The van der Waals surface area contributed by atoms with E-state index < -0.39 is 0 Å². The number of benzene rings is 1. The normalized spacial score (nSPS) is 10.3. The fourth-order valence-electron chi connectivity index (χ4n) is 2.13. The molecule has 0 saturated heterocycles. The van der Waals surface area contributed by atoms with E-state index >= 15 is 0 Å². The van der Waals surface area contributed by atoms with Crippen molar-refractivity contribution in [1.82, 2.24) is 5.32 Å². The average Bonchev–Trinajstić information content (AvgIpc) is 3.01. The molecule has 0 spiro atoms. The quantitative estimate of drug-likeness (QED) is 0.852. The third kappa shape index (κ3) is 4.24. The average molecular weight is 319 g/mol. The second kappa shape index (κ2) is 7.84. The van der Waals surface area contributed by atoms with Crippen molar-refractivity contribution in [2.45, 2.75) is 26.3 Å². The van der Waals surface area contributed by atoms with Gasteiger partial charge in [-0.15, -0.1) is 11.3 Å². The molecule has 4 nitrogen and oxygen atoms in total. The molecule has 0 aliphatic rings. The van der Waals surface area contributed by atoms with Crippen LogP contribution in [0.25, 0.3) is 0 Å². The van der Waals surface area contributed by atoms with Crippen LogP contribution in [0.4, 0.5) is 0 Å². The van der Waals surface area contributed by atoms with Crippen LogP contribution in [0.2, 0.25) is 0 Å². The molecule has 1 N–H and O–H groups in total. The Morgan fingerprint density at radius 3 is 2.45 bits per heavy atom. The number of carbonyl (C=O) groups excluding carboxylic acids is 1. The summed E-state index contributed by atoms with van der Waals surface area (Å²) in [4.78, 5) is 14.6. The van der Waals surface area contributed by atoms with Crippen LogP contribution < -0.4 is 14.8 Å². The van der Waals surface area contributed by atoms with Crippen LogP contribution in [-0.4, -0.2) is 20.1 Å². The summed E-state index contributed by atoms with van der Waals surface area (Å²) < 4.78 is 10.4. The van der Waals surface area contributed by atoms with Crippen LogP contribution in [0.3, 0.4) is 0 Å². The second-order valence-corrected chi connectivity index (χ2v) is 6.12. The maximum absolute atomic E-state index is 12.0. The first-order valence-electron chi connectivity index (χ1n) is 7.21. The van der Waals surface area contributed by atoms with E-state index in [2.05, 4.69) is 24.4 Å². The zero-order chi connectivity index (χ0) is 15.9. The summed E-state index contributed by atoms with van der Waals surface area (Å²) >= 11 is 1.74. The fourth-order valence-corrected chi connectivity index (χ4v) is 3.03. The van der Waals surface area contributed by atoms with Gasteiger partial charge in [0.25, 0.3) is 0 Å². The molecule has 0 radical (unpaired) electrons. The number of thiophene rings is 1. The molecule has 22 heavy (non-hydrogen) atoms. The van der Waals surface area contributed by atoms with Crippen molar-refractivity contribution in [3.8, 4) is 11.5 Å². The van der Waals surface area contributed by atoms with Crippen LogP contribution in [0, 0.1) is 0 Å². The molecule has 1 heterocycles. The molecule has 0 unspecified atom stereocenters. The van der Waals surface area contributed by atoms with Crippen molar-refractivity contribution < 1.29 is 14.3 Å². The molecule has 1 aromatic carbocycles.